The van der Waals surface area contributed by atoms with Crippen molar-refractivity contribution in [2.24, 2.45) is 0 Å². The Morgan fingerprint density at radius 1 is 1.19 bits per heavy atom. The molecule has 0 fully saturated rings. The Morgan fingerprint density at radius 3 is 2.62 bits per heavy atom. The maximum Gasteiger partial charge on any atom is 0.259 e. The maximum atomic E-state index is 12.5. The average molecular weight is 320 g/mol. The van der Waals surface area contributed by atoms with Crippen LogP contribution in [0.3, 0.4) is 0 Å². The van der Waals surface area contributed by atoms with Crippen molar-refractivity contribution in [3.05, 3.63) is 64.0 Å². The number of carbonyl (C=O) groups excluding carboxylic acids is 1. The molecule has 0 spiro atoms. The number of aromatic nitrogens is 2. The van der Waals surface area contributed by atoms with Gasteiger partial charge in [0.05, 0.1) is 27.0 Å². The summed E-state index contributed by atoms with van der Waals surface area (Å²) in [6.07, 6.45) is 3.70. The summed E-state index contributed by atoms with van der Waals surface area (Å²) in [6, 6.07) is 8.56. The monoisotopic (exact) mass is 319 g/mol. The number of rotatable bonds is 2. The highest BCUT2D eigenvalue weighted by Crippen LogP contribution is 2.30. The average Bonchev–Trinajstić information content (AvgIpc) is 2.82. The molecule has 0 atom stereocenters. The number of benzene rings is 1. The molecule has 3 rings (SSSR count). The fourth-order valence-corrected chi connectivity index (χ4v) is 2.60. The van der Waals surface area contributed by atoms with Crippen LogP contribution < -0.4 is 5.32 Å². The molecule has 0 unspecified atom stereocenters. The molecule has 4 nitrogen and oxygen atoms in total. The Balaban J connectivity index is 2.01. The minimum atomic E-state index is -0.304. The number of anilines is 1. The van der Waals surface area contributed by atoms with Gasteiger partial charge in [-0.15, -0.1) is 0 Å². The summed E-state index contributed by atoms with van der Waals surface area (Å²) in [5, 5.41) is 3.52. The lowest BCUT2D eigenvalue weighted by molar-refractivity contribution is 0.102. The zero-order valence-corrected chi connectivity index (χ0v) is 12.6. The molecule has 0 saturated heterocycles. The second kappa shape index (κ2) is 5.39. The molecule has 2 aromatic heterocycles. The molecule has 0 bridgehead atoms. The number of hydrogen-bond acceptors (Lipinski definition) is 2. The van der Waals surface area contributed by atoms with Gasteiger partial charge in [0, 0.05) is 12.4 Å². The standard InChI is InChI=1S/C15H11Cl2N3O/c1-9-8-20-7-3-4-10(14(20)18-9)15(21)19-13-11(16)5-2-6-12(13)17/h2-8H,1H3,(H,19,21). The Morgan fingerprint density at radius 2 is 1.90 bits per heavy atom. The number of nitrogens with zero attached hydrogens (tertiary/aromatic N) is 2. The number of pyridine rings is 1. The smallest absolute Gasteiger partial charge is 0.259 e. The lowest BCUT2D eigenvalue weighted by Crippen LogP contribution is -2.14. The summed E-state index contributed by atoms with van der Waals surface area (Å²) >= 11 is 12.1. The summed E-state index contributed by atoms with van der Waals surface area (Å²) in [5.41, 5.74) is 2.29. The Labute approximate surface area is 131 Å². The van der Waals surface area contributed by atoms with E-state index in [4.69, 9.17) is 23.2 Å². The highest BCUT2D eigenvalue weighted by Gasteiger charge is 2.15. The van der Waals surface area contributed by atoms with E-state index < -0.39 is 0 Å². The van der Waals surface area contributed by atoms with Crippen LogP contribution in [0.5, 0.6) is 0 Å². The third kappa shape index (κ3) is 2.60. The van der Waals surface area contributed by atoms with Crippen LogP contribution in [0.25, 0.3) is 5.65 Å². The van der Waals surface area contributed by atoms with Crippen LogP contribution in [-0.2, 0) is 0 Å². The van der Waals surface area contributed by atoms with Crippen LogP contribution in [0.15, 0.2) is 42.7 Å². The van der Waals surface area contributed by atoms with E-state index in [1.807, 2.05) is 19.3 Å². The third-order valence-corrected chi connectivity index (χ3v) is 3.68. The quantitative estimate of drug-likeness (QED) is 0.769. The first-order valence-electron chi connectivity index (χ1n) is 6.26. The third-order valence-electron chi connectivity index (χ3n) is 3.05. The molecule has 3 aromatic rings. The van der Waals surface area contributed by atoms with Gasteiger partial charge in [-0.3, -0.25) is 4.79 Å². The highest BCUT2D eigenvalue weighted by atomic mass is 35.5. The molecule has 0 radical (unpaired) electrons. The van der Waals surface area contributed by atoms with Crippen molar-refractivity contribution in [1.82, 2.24) is 9.38 Å². The van der Waals surface area contributed by atoms with Crippen molar-refractivity contribution >= 4 is 40.4 Å². The first-order chi connectivity index (χ1) is 10.1. The van der Waals surface area contributed by atoms with Crippen molar-refractivity contribution < 1.29 is 4.79 Å². The number of amides is 1. The Bertz CT molecular complexity index is 822. The second-order valence-corrected chi connectivity index (χ2v) is 5.40. The van der Waals surface area contributed by atoms with Crippen molar-refractivity contribution in [2.75, 3.05) is 5.32 Å². The number of hydrogen-bond donors (Lipinski definition) is 1. The lowest BCUT2D eigenvalue weighted by Gasteiger charge is -2.09. The normalized spacial score (nSPS) is 10.8. The van der Waals surface area contributed by atoms with E-state index in [9.17, 15) is 4.79 Å². The number of nitrogens with one attached hydrogen (secondary N) is 1. The summed E-state index contributed by atoms with van der Waals surface area (Å²) in [5.74, 6) is -0.304. The van der Waals surface area contributed by atoms with Crippen molar-refractivity contribution in [1.29, 1.82) is 0 Å². The van der Waals surface area contributed by atoms with E-state index >= 15 is 0 Å². The van der Waals surface area contributed by atoms with E-state index in [-0.39, 0.29) is 5.91 Å². The largest absolute Gasteiger partial charge is 0.319 e. The molecule has 2 heterocycles. The Hall–Kier alpha value is -2.04. The number of fused-ring (bicyclic) bond motifs is 1. The number of halogens is 2. The molecule has 1 N–H and O–H groups in total. The van der Waals surface area contributed by atoms with Crippen LogP contribution in [0, 0.1) is 6.92 Å². The van der Waals surface area contributed by atoms with Gasteiger partial charge < -0.3 is 9.72 Å². The van der Waals surface area contributed by atoms with Crippen LogP contribution >= 0.6 is 23.2 Å². The van der Waals surface area contributed by atoms with Gasteiger partial charge in [-0.2, -0.15) is 0 Å². The van der Waals surface area contributed by atoms with E-state index in [0.29, 0.717) is 26.9 Å². The molecule has 6 heteroatoms. The summed E-state index contributed by atoms with van der Waals surface area (Å²) < 4.78 is 1.80. The van der Waals surface area contributed by atoms with E-state index in [1.165, 1.54) is 0 Å². The van der Waals surface area contributed by atoms with E-state index in [1.54, 1.807) is 34.7 Å². The van der Waals surface area contributed by atoms with Crippen molar-refractivity contribution in [2.45, 2.75) is 6.92 Å². The van der Waals surface area contributed by atoms with Gasteiger partial charge in [-0.05, 0) is 31.2 Å². The molecule has 0 aliphatic heterocycles. The van der Waals surface area contributed by atoms with Crippen LogP contribution in [0.2, 0.25) is 10.0 Å². The molecule has 21 heavy (non-hydrogen) atoms. The summed E-state index contributed by atoms with van der Waals surface area (Å²) in [4.78, 5) is 16.8. The van der Waals surface area contributed by atoms with Gasteiger partial charge in [0.1, 0.15) is 5.65 Å². The molecule has 0 saturated carbocycles. The number of imidazole rings is 1. The van der Waals surface area contributed by atoms with Gasteiger partial charge in [-0.1, -0.05) is 29.3 Å². The predicted molar refractivity (Wildman–Crippen MR) is 84.3 cm³/mol. The van der Waals surface area contributed by atoms with Gasteiger partial charge in [0.25, 0.3) is 5.91 Å². The first kappa shape index (κ1) is 13.9. The zero-order chi connectivity index (χ0) is 15.0. The van der Waals surface area contributed by atoms with Crippen LogP contribution in [0.1, 0.15) is 16.1 Å². The fourth-order valence-electron chi connectivity index (χ4n) is 2.11. The highest BCUT2D eigenvalue weighted by molar-refractivity contribution is 6.40. The van der Waals surface area contributed by atoms with Gasteiger partial charge in [0.15, 0.2) is 0 Å². The number of aryl methyl sites for hydroxylation is 1. The minimum Gasteiger partial charge on any atom is -0.319 e. The predicted octanol–water partition coefficient (Wildman–Crippen LogP) is 4.20. The van der Waals surface area contributed by atoms with E-state index in [2.05, 4.69) is 10.3 Å². The molecule has 0 aliphatic rings. The molecule has 106 valence electrons. The molecular weight excluding hydrogens is 309 g/mol. The zero-order valence-electron chi connectivity index (χ0n) is 11.1. The van der Waals surface area contributed by atoms with Gasteiger partial charge in [0.2, 0.25) is 0 Å². The second-order valence-electron chi connectivity index (χ2n) is 4.59. The number of para-hydroxylation sites is 1. The number of carbonyl (C=O) groups is 1. The SMILES string of the molecule is Cc1cn2cccc(C(=O)Nc3c(Cl)cccc3Cl)c2n1. The summed E-state index contributed by atoms with van der Waals surface area (Å²) in [7, 11) is 0. The van der Waals surface area contributed by atoms with Crippen LogP contribution in [0.4, 0.5) is 5.69 Å². The lowest BCUT2D eigenvalue weighted by atomic mass is 10.2. The molecular formula is C15H11Cl2N3O. The van der Waals surface area contributed by atoms with Crippen LogP contribution in [-0.4, -0.2) is 15.3 Å². The summed E-state index contributed by atoms with van der Waals surface area (Å²) in [6.45, 7) is 1.87. The minimum absolute atomic E-state index is 0.304. The fraction of sp³-hybridized carbons (Fsp3) is 0.0667. The maximum absolute atomic E-state index is 12.5. The molecule has 1 amide bonds. The topological polar surface area (TPSA) is 46.4 Å². The first-order valence-corrected chi connectivity index (χ1v) is 7.01. The van der Waals surface area contributed by atoms with Gasteiger partial charge >= 0.3 is 0 Å². The van der Waals surface area contributed by atoms with Crippen molar-refractivity contribution in [3.8, 4) is 0 Å². The molecule has 1 aromatic carbocycles. The van der Waals surface area contributed by atoms with Gasteiger partial charge in [-0.25, -0.2) is 4.98 Å². The molecule has 0 aliphatic carbocycles. The van der Waals surface area contributed by atoms with Crippen molar-refractivity contribution in [3.63, 3.8) is 0 Å². The Kier molecular flexibility index (Phi) is 3.57. The van der Waals surface area contributed by atoms with E-state index in [0.717, 1.165) is 5.69 Å².